The van der Waals surface area contributed by atoms with E-state index in [1.165, 1.54) is 30.4 Å². The smallest absolute Gasteiger partial charge is 0.0466 e. The van der Waals surface area contributed by atoms with E-state index in [9.17, 15) is 0 Å². The zero-order chi connectivity index (χ0) is 14.7. The molecule has 3 heteroatoms. The van der Waals surface area contributed by atoms with Crippen molar-refractivity contribution in [1.29, 1.82) is 0 Å². The Morgan fingerprint density at radius 1 is 1.19 bits per heavy atom. The van der Waals surface area contributed by atoms with Gasteiger partial charge in [-0.25, -0.2) is 0 Å². The number of hydrogen-bond acceptors (Lipinski definition) is 2. The highest BCUT2D eigenvalue weighted by molar-refractivity contribution is 6.30. The van der Waals surface area contributed by atoms with Gasteiger partial charge in [0.25, 0.3) is 0 Å². The molecular formula is C18H21ClN2. The quantitative estimate of drug-likeness (QED) is 0.650. The Bertz CT molecular complexity index is 612. The summed E-state index contributed by atoms with van der Waals surface area (Å²) in [5.74, 6) is 6.36. The lowest BCUT2D eigenvalue weighted by Gasteiger charge is -2.29. The van der Waals surface area contributed by atoms with Crippen LogP contribution in [0.1, 0.15) is 47.9 Å². The minimum absolute atomic E-state index is 0.139. The molecule has 0 heterocycles. The van der Waals surface area contributed by atoms with Gasteiger partial charge < -0.3 is 0 Å². The average molecular weight is 301 g/mol. The third-order valence-corrected chi connectivity index (χ3v) is 4.70. The average Bonchev–Trinajstić information content (AvgIpc) is 2.52. The SMILES string of the molecule is NNC(CC1CCCc2ccccc21)c1cccc(Cl)c1. The number of fused-ring (bicyclic) bond motifs is 1. The van der Waals surface area contributed by atoms with Gasteiger partial charge in [-0.05, 0) is 60.4 Å². The third-order valence-electron chi connectivity index (χ3n) is 4.47. The molecule has 0 aliphatic heterocycles. The summed E-state index contributed by atoms with van der Waals surface area (Å²) in [5, 5.41) is 0.761. The number of hydrazine groups is 1. The van der Waals surface area contributed by atoms with Gasteiger partial charge in [0, 0.05) is 11.1 Å². The molecule has 0 aromatic heterocycles. The monoisotopic (exact) mass is 300 g/mol. The molecule has 0 bridgehead atoms. The minimum Gasteiger partial charge on any atom is -0.271 e. The van der Waals surface area contributed by atoms with E-state index in [0.29, 0.717) is 5.92 Å². The van der Waals surface area contributed by atoms with Gasteiger partial charge in [-0.3, -0.25) is 11.3 Å². The maximum atomic E-state index is 6.10. The normalized spacial score (nSPS) is 19.0. The largest absolute Gasteiger partial charge is 0.271 e. The second-order valence-electron chi connectivity index (χ2n) is 5.80. The second-order valence-corrected chi connectivity index (χ2v) is 6.23. The maximum Gasteiger partial charge on any atom is 0.0466 e. The number of aryl methyl sites for hydroxylation is 1. The van der Waals surface area contributed by atoms with Gasteiger partial charge in [0.15, 0.2) is 0 Å². The molecule has 21 heavy (non-hydrogen) atoms. The highest BCUT2D eigenvalue weighted by Crippen LogP contribution is 2.37. The fourth-order valence-electron chi connectivity index (χ4n) is 3.41. The van der Waals surface area contributed by atoms with E-state index in [1.54, 1.807) is 0 Å². The number of halogens is 1. The van der Waals surface area contributed by atoms with Crippen LogP contribution in [-0.4, -0.2) is 0 Å². The van der Waals surface area contributed by atoms with Crippen LogP contribution in [-0.2, 0) is 6.42 Å². The van der Waals surface area contributed by atoms with Crippen molar-refractivity contribution in [2.24, 2.45) is 5.84 Å². The summed E-state index contributed by atoms with van der Waals surface area (Å²) < 4.78 is 0. The first-order valence-corrected chi connectivity index (χ1v) is 7.95. The molecule has 0 spiro atoms. The van der Waals surface area contributed by atoms with Crippen LogP contribution in [0.2, 0.25) is 5.02 Å². The van der Waals surface area contributed by atoms with Gasteiger partial charge in [0.2, 0.25) is 0 Å². The number of nitrogens with one attached hydrogen (secondary N) is 1. The standard InChI is InChI=1S/C18H21ClN2/c19-16-9-4-8-15(11-16)18(21-20)12-14-7-3-6-13-5-1-2-10-17(13)14/h1-2,4-5,8-11,14,18,21H,3,6-7,12,20H2. The van der Waals surface area contributed by atoms with Gasteiger partial charge in [-0.15, -0.1) is 0 Å². The Balaban J connectivity index is 1.82. The van der Waals surface area contributed by atoms with Crippen LogP contribution in [0.3, 0.4) is 0 Å². The van der Waals surface area contributed by atoms with Crippen molar-refractivity contribution in [2.75, 3.05) is 0 Å². The molecular weight excluding hydrogens is 280 g/mol. The number of rotatable bonds is 4. The fourth-order valence-corrected chi connectivity index (χ4v) is 3.61. The van der Waals surface area contributed by atoms with Crippen LogP contribution in [0.25, 0.3) is 0 Å². The van der Waals surface area contributed by atoms with E-state index in [2.05, 4.69) is 35.8 Å². The molecule has 0 saturated carbocycles. The number of hydrogen-bond donors (Lipinski definition) is 2. The summed E-state index contributed by atoms with van der Waals surface area (Å²) >= 11 is 6.10. The number of benzene rings is 2. The highest BCUT2D eigenvalue weighted by Gasteiger charge is 2.23. The molecule has 0 fully saturated rings. The van der Waals surface area contributed by atoms with Gasteiger partial charge >= 0.3 is 0 Å². The van der Waals surface area contributed by atoms with Crippen LogP contribution >= 0.6 is 11.6 Å². The molecule has 2 aromatic rings. The first kappa shape index (κ1) is 14.6. The summed E-state index contributed by atoms with van der Waals surface area (Å²) in [6.07, 6.45) is 4.70. The van der Waals surface area contributed by atoms with Crippen molar-refractivity contribution in [3.8, 4) is 0 Å². The van der Waals surface area contributed by atoms with E-state index in [-0.39, 0.29) is 6.04 Å². The lowest BCUT2D eigenvalue weighted by atomic mass is 9.79. The van der Waals surface area contributed by atoms with E-state index in [0.717, 1.165) is 17.0 Å². The topological polar surface area (TPSA) is 38.0 Å². The van der Waals surface area contributed by atoms with Crippen LogP contribution in [0, 0.1) is 0 Å². The zero-order valence-electron chi connectivity index (χ0n) is 12.1. The van der Waals surface area contributed by atoms with E-state index in [4.69, 9.17) is 17.4 Å². The molecule has 0 amide bonds. The second kappa shape index (κ2) is 6.61. The van der Waals surface area contributed by atoms with Crippen LogP contribution in [0.5, 0.6) is 0 Å². The lowest BCUT2D eigenvalue weighted by Crippen LogP contribution is -2.30. The van der Waals surface area contributed by atoms with E-state index < -0.39 is 0 Å². The first-order valence-electron chi connectivity index (χ1n) is 7.57. The van der Waals surface area contributed by atoms with Crippen LogP contribution in [0.4, 0.5) is 0 Å². The Morgan fingerprint density at radius 3 is 2.86 bits per heavy atom. The summed E-state index contributed by atoms with van der Waals surface area (Å²) in [7, 11) is 0. The summed E-state index contributed by atoms with van der Waals surface area (Å²) in [6.45, 7) is 0. The van der Waals surface area contributed by atoms with Gasteiger partial charge in [0.1, 0.15) is 0 Å². The van der Waals surface area contributed by atoms with Crippen molar-refractivity contribution < 1.29 is 0 Å². The maximum absolute atomic E-state index is 6.10. The van der Waals surface area contributed by atoms with Gasteiger partial charge in [-0.2, -0.15) is 0 Å². The Labute approximate surface area is 131 Å². The lowest BCUT2D eigenvalue weighted by molar-refractivity contribution is 0.425. The predicted molar refractivity (Wildman–Crippen MR) is 88.3 cm³/mol. The molecule has 110 valence electrons. The van der Waals surface area contributed by atoms with Crippen molar-refractivity contribution in [3.05, 3.63) is 70.2 Å². The van der Waals surface area contributed by atoms with Crippen molar-refractivity contribution in [3.63, 3.8) is 0 Å². The molecule has 1 aliphatic rings. The minimum atomic E-state index is 0.139. The number of nitrogens with two attached hydrogens (primary N) is 1. The molecule has 1 aliphatic carbocycles. The molecule has 2 nitrogen and oxygen atoms in total. The van der Waals surface area contributed by atoms with Gasteiger partial charge in [0.05, 0.1) is 0 Å². The molecule has 3 rings (SSSR count). The van der Waals surface area contributed by atoms with Crippen molar-refractivity contribution in [2.45, 2.75) is 37.6 Å². The molecule has 2 aromatic carbocycles. The summed E-state index contributed by atoms with van der Waals surface area (Å²) in [5.41, 5.74) is 7.11. The van der Waals surface area contributed by atoms with Crippen LogP contribution < -0.4 is 11.3 Å². The molecule has 0 saturated heterocycles. The third kappa shape index (κ3) is 3.29. The highest BCUT2D eigenvalue weighted by atomic mass is 35.5. The molecule has 2 atom stereocenters. The Kier molecular flexibility index (Phi) is 4.59. The van der Waals surface area contributed by atoms with Crippen molar-refractivity contribution in [1.82, 2.24) is 5.43 Å². The van der Waals surface area contributed by atoms with E-state index in [1.807, 2.05) is 18.2 Å². The molecule has 3 N–H and O–H groups in total. The molecule has 0 radical (unpaired) electrons. The van der Waals surface area contributed by atoms with Crippen LogP contribution in [0.15, 0.2) is 48.5 Å². The fraction of sp³-hybridized carbons (Fsp3) is 0.333. The first-order chi connectivity index (χ1) is 10.3. The summed E-state index contributed by atoms with van der Waals surface area (Å²) in [6, 6.07) is 16.9. The van der Waals surface area contributed by atoms with Crippen molar-refractivity contribution >= 4 is 11.6 Å². The molecule has 2 unspecified atom stereocenters. The van der Waals surface area contributed by atoms with Gasteiger partial charge in [-0.1, -0.05) is 48.0 Å². The Morgan fingerprint density at radius 2 is 2.05 bits per heavy atom. The summed E-state index contributed by atoms with van der Waals surface area (Å²) in [4.78, 5) is 0. The Hall–Kier alpha value is -1.35. The zero-order valence-corrected chi connectivity index (χ0v) is 12.8. The van der Waals surface area contributed by atoms with E-state index >= 15 is 0 Å². The predicted octanol–water partition coefficient (Wildman–Crippen LogP) is 4.35.